The van der Waals surface area contributed by atoms with Crippen LogP contribution in [-0.4, -0.2) is 23.7 Å². The third kappa shape index (κ3) is 6.80. The molecule has 100 valence electrons. The summed E-state index contributed by atoms with van der Waals surface area (Å²) in [6, 6.07) is 7.02. The molecule has 18 heavy (non-hydrogen) atoms. The minimum atomic E-state index is -4.24. The van der Waals surface area contributed by atoms with Gasteiger partial charge in [0.25, 0.3) is 0 Å². The first kappa shape index (κ1) is 15.2. The van der Waals surface area contributed by atoms with Gasteiger partial charge >= 0.3 is 5.51 Å². The lowest BCUT2D eigenvalue weighted by Crippen LogP contribution is -2.27. The molecule has 2 nitrogen and oxygen atoms in total. The number of thiol groups is 1. The molecule has 0 bridgehead atoms. The van der Waals surface area contributed by atoms with E-state index in [1.807, 2.05) is 0 Å². The van der Waals surface area contributed by atoms with Crippen molar-refractivity contribution in [1.29, 1.82) is 0 Å². The first-order chi connectivity index (χ1) is 8.37. The predicted molar refractivity (Wildman–Crippen MR) is 68.9 cm³/mol. The van der Waals surface area contributed by atoms with Gasteiger partial charge < -0.3 is 5.32 Å². The second-order valence-electron chi connectivity index (χ2n) is 3.49. The molecule has 0 spiro atoms. The van der Waals surface area contributed by atoms with Crippen molar-refractivity contribution < 1.29 is 18.0 Å². The molecule has 0 aromatic heterocycles. The molecule has 0 heterocycles. The summed E-state index contributed by atoms with van der Waals surface area (Å²) in [5, 5.41) is 2.44. The number of carbonyl (C=O) groups excluding carboxylic acids is 1. The molecular formula is C11H12F3NOS2. The highest BCUT2D eigenvalue weighted by Gasteiger charge is 2.27. The summed E-state index contributed by atoms with van der Waals surface area (Å²) >= 11 is 3.97. The van der Waals surface area contributed by atoms with E-state index >= 15 is 0 Å². The third-order valence-electron chi connectivity index (χ3n) is 1.99. The molecule has 0 atom stereocenters. The zero-order valence-corrected chi connectivity index (χ0v) is 11.0. The first-order valence-electron chi connectivity index (χ1n) is 5.12. The average Bonchev–Trinajstić information content (AvgIpc) is 2.26. The zero-order valence-electron chi connectivity index (χ0n) is 9.33. The summed E-state index contributed by atoms with van der Waals surface area (Å²) in [4.78, 5) is 12.2. The second kappa shape index (κ2) is 6.94. The molecule has 1 aromatic carbocycles. The van der Waals surface area contributed by atoms with E-state index in [1.54, 1.807) is 24.3 Å². The summed E-state index contributed by atoms with van der Waals surface area (Å²) in [5.41, 5.74) is -3.44. The molecule has 0 aliphatic rings. The van der Waals surface area contributed by atoms with E-state index in [2.05, 4.69) is 17.9 Å². The Bertz CT molecular complexity index is 392. The molecule has 0 fully saturated rings. The molecule has 0 saturated heterocycles. The number of benzene rings is 1. The topological polar surface area (TPSA) is 29.1 Å². The smallest absolute Gasteiger partial charge is 0.355 e. The highest BCUT2D eigenvalue weighted by molar-refractivity contribution is 8.00. The number of carbonyl (C=O) groups is 1. The number of hydrogen-bond acceptors (Lipinski definition) is 3. The van der Waals surface area contributed by atoms with E-state index < -0.39 is 5.51 Å². The van der Waals surface area contributed by atoms with Gasteiger partial charge in [-0.1, -0.05) is 12.1 Å². The molecule has 0 aliphatic heterocycles. The molecular weight excluding hydrogens is 283 g/mol. The number of alkyl halides is 3. The van der Waals surface area contributed by atoms with Crippen LogP contribution in [0.1, 0.15) is 5.56 Å². The normalized spacial score (nSPS) is 11.3. The monoisotopic (exact) mass is 295 g/mol. The highest BCUT2D eigenvalue weighted by atomic mass is 32.2. The van der Waals surface area contributed by atoms with Crippen molar-refractivity contribution in [2.45, 2.75) is 16.8 Å². The van der Waals surface area contributed by atoms with Gasteiger partial charge in [0, 0.05) is 17.2 Å². The van der Waals surface area contributed by atoms with Gasteiger partial charge in [-0.15, -0.1) is 12.6 Å². The van der Waals surface area contributed by atoms with E-state index in [0.29, 0.717) is 0 Å². The number of amides is 1. The molecule has 1 amide bonds. The van der Waals surface area contributed by atoms with Crippen LogP contribution in [0.5, 0.6) is 0 Å². The van der Waals surface area contributed by atoms with Crippen LogP contribution < -0.4 is 5.32 Å². The van der Waals surface area contributed by atoms with Gasteiger partial charge in [0.1, 0.15) is 0 Å². The Morgan fingerprint density at radius 3 is 2.44 bits per heavy atom. The molecule has 1 rings (SSSR count). The number of halogens is 3. The number of thioether (sulfide) groups is 1. The van der Waals surface area contributed by atoms with Crippen molar-refractivity contribution in [3.05, 3.63) is 29.8 Å². The van der Waals surface area contributed by atoms with Gasteiger partial charge in [-0.3, -0.25) is 4.79 Å². The lowest BCUT2D eigenvalue weighted by molar-refractivity contribution is -0.120. The fourth-order valence-corrected chi connectivity index (χ4v) is 1.80. The van der Waals surface area contributed by atoms with E-state index in [4.69, 9.17) is 0 Å². The molecule has 0 unspecified atom stereocenters. The van der Waals surface area contributed by atoms with Crippen molar-refractivity contribution in [3.8, 4) is 0 Å². The Kier molecular flexibility index (Phi) is 5.87. The minimum absolute atomic E-state index is 0.00760. The van der Waals surface area contributed by atoms with Crippen LogP contribution in [0, 0.1) is 0 Å². The summed E-state index contributed by atoms with van der Waals surface area (Å²) in [6.45, 7) is 0.00760. The summed E-state index contributed by atoms with van der Waals surface area (Å²) in [6.07, 6.45) is 0.157. The molecule has 0 saturated carbocycles. The predicted octanol–water partition coefficient (Wildman–Crippen LogP) is 2.89. The van der Waals surface area contributed by atoms with Crippen molar-refractivity contribution in [3.63, 3.8) is 0 Å². The van der Waals surface area contributed by atoms with E-state index in [9.17, 15) is 18.0 Å². The largest absolute Gasteiger partial charge is 0.441 e. The van der Waals surface area contributed by atoms with Gasteiger partial charge in [0.15, 0.2) is 0 Å². The first-order valence-corrected chi connectivity index (χ1v) is 6.55. The summed E-state index contributed by atoms with van der Waals surface area (Å²) < 4.78 is 35.4. The Labute approximate surface area is 113 Å². The standard InChI is InChI=1S/C11H12F3NOS2/c12-11(13,14)18-6-5-15-10(16)7-8-1-3-9(17)4-2-8/h1-4,17H,5-7H2,(H,15,16). The Morgan fingerprint density at radius 1 is 1.28 bits per heavy atom. The Hall–Kier alpha value is -0.820. The second-order valence-corrected chi connectivity index (χ2v) is 5.16. The molecule has 7 heteroatoms. The van der Waals surface area contributed by atoms with Crippen LogP contribution in [-0.2, 0) is 11.2 Å². The lowest BCUT2D eigenvalue weighted by atomic mass is 10.1. The van der Waals surface area contributed by atoms with Crippen LogP contribution >= 0.6 is 24.4 Å². The van der Waals surface area contributed by atoms with Crippen LogP contribution in [0.2, 0.25) is 0 Å². The molecule has 0 radical (unpaired) electrons. The fourth-order valence-electron chi connectivity index (χ4n) is 1.22. The van der Waals surface area contributed by atoms with Gasteiger partial charge in [-0.25, -0.2) is 0 Å². The van der Waals surface area contributed by atoms with E-state index in [1.165, 1.54) is 0 Å². The lowest BCUT2D eigenvalue weighted by Gasteiger charge is -2.07. The molecule has 1 aromatic rings. The number of hydrogen-bond donors (Lipinski definition) is 2. The summed E-state index contributed by atoms with van der Waals surface area (Å²) in [5.74, 6) is -0.463. The maximum Gasteiger partial charge on any atom is 0.441 e. The van der Waals surface area contributed by atoms with Crippen molar-refractivity contribution in [2.24, 2.45) is 0 Å². The SMILES string of the molecule is O=C(Cc1ccc(S)cc1)NCCSC(F)(F)F. The molecule has 0 aliphatic carbocycles. The van der Waals surface area contributed by atoms with Crippen LogP contribution in [0.4, 0.5) is 13.2 Å². The number of rotatable bonds is 5. The maximum absolute atomic E-state index is 11.8. The Morgan fingerprint density at radius 2 is 1.89 bits per heavy atom. The number of nitrogens with one attached hydrogen (secondary N) is 1. The van der Waals surface area contributed by atoms with Crippen molar-refractivity contribution >= 4 is 30.3 Å². The van der Waals surface area contributed by atoms with Gasteiger partial charge in [0.2, 0.25) is 5.91 Å². The molecule has 1 N–H and O–H groups in total. The van der Waals surface area contributed by atoms with Crippen LogP contribution in [0.25, 0.3) is 0 Å². The van der Waals surface area contributed by atoms with Crippen molar-refractivity contribution in [1.82, 2.24) is 5.32 Å². The maximum atomic E-state index is 11.8. The zero-order chi connectivity index (χ0) is 13.6. The highest BCUT2D eigenvalue weighted by Crippen LogP contribution is 2.29. The van der Waals surface area contributed by atoms with Crippen molar-refractivity contribution in [2.75, 3.05) is 12.3 Å². The van der Waals surface area contributed by atoms with Crippen LogP contribution in [0.3, 0.4) is 0 Å². The average molecular weight is 295 g/mol. The Balaban J connectivity index is 2.24. The van der Waals surface area contributed by atoms with Gasteiger partial charge in [-0.2, -0.15) is 13.2 Å². The third-order valence-corrected chi connectivity index (χ3v) is 3.02. The van der Waals surface area contributed by atoms with Crippen LogP contribution in [0.15, 0.2) is 29.2 Å². The minimum Gasteiger partial charge on any atom is -0.355 e. The van der Waals surface area contributed by atoms with Gasteiger partial charge in [-0.05, 0) is 29.5 Å². The fraction of sp³-hybridized carbons (Fsp3) is 0.364. The van der Waals surface area contributed by atoms with Gasteiger partial charge in [0.05, 0.1) is 6.42 Å². The quantitative estimate of drug-likeness (QED) is 0.646. The van der Waals surface area contributed by atoms with E-state index in [-0.39, 0.29) is 36.4 Å². The summed E-state index contributed by atoms with van der Waals surface area (Å²) in [7, 11) is 0. The van der Waals surface area contributed by atoms with E-state index in [0.717, 1.165) is 10.5 Å².